The maximum atomic E-state index is 12.1. The average Bonchev–Trinajstić information content (AvgIpc) is 2.52. The van der Waals surface area contributed by atoms with Gasteiger partial charge in [-0.2, -0.15) is 0 Å². The number of ether oxygens (including phenoxy) is 1. The molecule has 136 valence electrons. The molecule has 24 heavy (non-hydrogen) atoms. The first-order valence-electron chi connectivity index (χ1n) is 9.08. The minimum atomic E-state index is -1.21. The molecule has 0 unspecified atom stereocenters. The van der Waals surface area contributed by atoms with Gasteiger partial charge >= 0.3 is 29.6 Å². The summed E-state index contributed by atoms with van der Waals surface area (Å²) in [5.41, 5.74) is 0. The normalized spacial score (nSPS) is 10.2. The van der Waals surface area contributed by atoms with Crippen LogP contribution in [0.2, 0.25) is 0 Å². The largest absolute Gasteiger partial charge is 1.00 e. The zero-order valence-electron chi connectivity index (χ0n) is 16.0. The first-order chi connectivity index (χ1) is 11.1. The number of carbonyl (C=O) groups excluding carboxylic acids is 2. The average molecular weight is 351 g/mol. The van der Waals surface area contributed by atoms with Crippen molar-refractivity contribution in [3.8, 4) is 0 Å². The fourth-order valence-electron chi connectivity index (χ4n) is 2.59. The Balaban J connectivity index is 0. The molecule has 0 aliphatic rings. The van der Waals surface area contributed by atoms with E-state index in [0.29, 0.717) is 26.0 Å². The standard InChI is InChI=1S/C18H35NO4.Na/c1-3-4-5-6-7-8-9-10-11-13-17(20)19(16-18(21)22)14-12-15-23-2;/h3-16H2,1-2H3,(H,21,22);/q;+1/p-1. The second-order valence-electron chi connectivity index (χ2n) is 6.11. The van der Waals surface area contributed by atoms with Crippen molar-refractivity contribution in [1.29, 1.82) is 0 Å². The number of unbranched alkanes of at least 4 members (excludes halogenated alkanes) is 8. The molecule has 0 saturated carbocycles. The summed E-state index contributed by atoms with van der Waals surface area (Å²) in [5.74, 6) is -1.30. The molecule has 0 N–H and O–H groups in total. The summed E-state index contributed by atoms with van der Waals surface area (Å²) in [6, 6.07) is 0. The van der Waals surface area contributed by atoms with E-state index >= 15 is 0 Å². The van der Waals surface area contributed by atoms with E-state index in [2.05, 4.69) is 6.92 Å². The number of amides is 1. The molecule has 0 aromatic heterocycles. The Morgan fingerprint density at radius 2 is 1.46 bits per heavy atom. The number of carbonyl (C=O) groups is 2. The van der Waals surface area contributed by atoms with Crippen LogP contribution in [0.3, 0.4) is 0 Å². The van der Waals surface area contributed by atoms with Gasteiger partial charge in [0.15, 0.2) is 0 Å². The minimum Gasteiger partial charge on any atom is -0.548 e. The number of aliphatic carboxylic acids is 1. The maximum absolute atomic E-state index is 12.1. The first-order valence-corrected chi connectivity index (χ1v) is 9.08. The number of methoxy groups -OCH3 is 1. The van der Waals surface area contributed by atoms with Crippen molar-refractivity contribution in [3.05, 3.63) is 0 Å². The summed E-state index contributed by atoms with van der Waals surface area (Å²) in [5, 5.41) is 10.7. The van der Waals surface area contributed by atoms with Crippen molar-refractivity contribution in [2.75, 3.05) is 26.8 Å². The zero-order valence-corrected chi connectivity index (χ0v) is 18.0. The van der Waals surface area contributed by atoms with E-state index in [1.54, 1.807) is 7.11 Å². The smallest absolute Gasteiger partial charge is 0.548 e. The molecule has 0 aliphatic heterocycles. The molecule has 0 aromatic carbocycles. The molecule has 0 bridgehead atoms. The van der Waals surface area contributed by atoms with Crippen LogP contribution in [0.4, 0.5) is 0 Å². The van der Waals surface area contributed by atoms with Crippen LogP contribution in [0, 0.1) is 0 Å². The fraction of sp³-hybridized carbons (Fsp3) is 0.889. The quantitative estimate of drug-likeness (QED) is 0.278. The van der Waals surface area contributed by atoms with Crippen LogP contribution in [0.25, 0.3) is 0 Å². The van der Waals surface area contributed by atoms with E-state index in [1.807, 2.05) is 0 Å². The Labute approximate surface area is 169 Å². The monoisotopic (exact) mass is 351 g/mol. The van der Waals surface area contributed by atoms with Crippen LogP contribution in [0.5, 0.6) is 0 Å². The van der Waals surface area contributed by atoms with Crippen LogP contribution in [0.15, 0.2) is 0 Å². The Kier molecular flexibility index (Phi) is 20.9. The third-order valence-electron chi connectivity index (χ3n) is 3.94. The van der Waals surface area contributed by atoms with Gasteiger partial charge in [0, 0.05) is 26.7 Å². The number of hydrogen-bond acceptors (Lipinski definition) is 4. The minimum absolute atomic E-state index is 0. The van der Waals surface area contributed by atoms with E-state index in [9.17, 15) is 14.7 Å². The van der Waals surface area contributed by atoms with Gasteiger partial charge in [-0.1, -0.05) is 58.3 Å². The van der Waals surface area contributed by atoms with Crippen LogP contribution >= 0.6 is 0 Å². The Bertz CT molecular complexity index is 313. The molecule has 0 rings (SSSR count). The molecule has 5 nitrogen and oxygen atoms in total. The van der Waals surface area contributed by atoms with Crippen LogP contribution in [-0.2, 0) is 14.3 Å². The van der Waals surface area contributed by atoms with Crippen molar-refractivity contribution in [3.63, 3.8) is 0 Å². The predicted molar refractivity (Wildman–Crippen MR) is 89.9 cm³/mol. The van der Waals surface area contributed by atoms with Gasteiger partial charge in [0.1, 0.15) is 0 Å². The number of nitrogens with zero attached hydrogens (tertiary/aromatic N) is 1. The van der Waals surface area contributed by atoms with E-state index in [0.717, 1.165) is 19.3 Å². The summed E-state index contributed by atoms with van der Waals surface area (Å²) >= 11 is 0. The van der Waals surface area contributed by atoms with Crippen molar-refractivity contribution in [1.82, 2.24) is 4.90 Å². The molecule has 6 heteroatoms. The van der Waals surface area contributed by atoms with Gasteiger partial charge in [-0.15, -0.1) is 0 Å². The number of carboxylic acids is 1. The molecule has 0 spiro atoms. The van der Waals surface area contributed by atoms with E-state index in [1.165, 1.54) is 43.4 Å². The Hall–Kier alpha value is -0.100. The molecule has 0 aromatic rings. The molecule has 1 amide bonds. The Morgan fingerprint density at radius 1 is 0.917 bits per heavy atom. The van der Waals surface area contributed by atoms with Crippen molar-refractivity contribution in [2.45, 2.75) is 77.6 Å². The number of hydrogen-bond donors (Lipinski definition) is 0. The van der Waals surface area contributed by atoms with Gasteiger partial charge in [0.25, 0.3) is 0 Å². The van der Waals surface area contributed by atoms with Crippen LogP contribution < -0.4 is 34.7 Å². The second kappa shape index (κ2) is 19.2. The third kappa shape index (κ3) is 16.7. The Morgan fingerprint density at radius 3 is 1.96 bits per heavy atom. The van der Waals surface area contributed by atoms with Gasteiger partial charge < -0.3 is 19.5 Å². The number of carboxylic acid groups (broad SMARTS) is 1. The molecular formula is C18H34NNaO4. The van der Waals surface area contributed by atoms with Gasteiger partial charge in [0.05, 0.1) is 12.5 Å². The van der Waals surface area contributed by atoms with Crippen molar-refractivity contribution < 1.29 is 49.0 Å². The van der Waals surface area contributed by atoms with Crippen LogP contribution in [0.1, 0.15) is 77.6 Å². The van der Waals surface area contributed by atoms with Gasteiger partial charge in [0.2, 0.25) is 5.91 Å². The summed E-state index contributed by atoms with van der Waals surface area (Å²) in [4.78, 5) is 24.2. The topological polar surface area (TPSA) is 69.7 Å². The van der Waals surface area contributed by atoms with E-state index < -0.39 is 5.97 Å². The van der Waals surface area contributed by atoms with Crippen molar-refractivity contribution >= 4 is 11.9 Å². The first kappa shape index (κ1) is 26.1. The van der Waals surface area contributed by atoms with Gasteiger partial charge in [-0.3, -0.25) is 4.79 Å². The predicted octanol–water partition coefficient (Wildman–Crippen LogP) is -0.474. The van der Waals surface area contributed by atoms with E-state index in [4.69, 9.17) is 4.74 Å². The van der Waals surface area contributed by atoms with Gasteiger partial charge in [-0.25, -0.2) is 0 Å². The van der Waals surface area contributed by atoms with Crippen molar-refractivity contribution in [2.24, 2.45) is 0 Å². The fourth-order valence-corrected chi connectivity index (χ4v) is 2.59. The third-order valence-corrected chi connectivity index (χ3v) is 3.94. The summed E-state index contributed by atoms with van der Waals surface area (Å²) < 4.78 is 4.94. The summed E-state index contributed by atoms with van der Waals surface area (Å²) in [7, 11) is 1.59. The molecule has 0 radical (unpaired) electrons. The zero-order chi connectivity index (χ0) is 17.3. The number of rotatable bonds is 16. The second-order valence-corrected chi connectivity index (χ2v) is 6.11. The summed E-state index contributed by atoms with van der Waals surface area (Å²) in [6.45, 7) is 2.84. The van der Waals surface area contributed by atoms with Gasteiger partial charge in [-0.05, 0) is 12.8 Å². The maximum Gasteiger partial charge on any atom is 1.00 e. The van der Waals surface area contributed by atoms with E-state index in [-0.39, 0.29) is 42.0 Å². The molecular weight excluding hydrogens is 317 g/mol. The van der Waals surface area contributed by atoms with Crippen LogP contribution in [-0.4, -0.2) is 43.6 Å². The molecule has 0 atom stereocenters. The molecule has 0 heterocycles. The SMILES string of the molecule is CCCCCCCCCCCC(=O)N(CCCOC)CC(=O)[O-].[Na+]. The molecule has 0 saturated heterocycles. The molecule has 0 fully saturated rings. The summed E-state index contributed by atoms with van der Waals surface area (Å²) in [6.07, 6.45) is 11.8. The molecule has 0 aliphatic carbocycles.